The summed E-state index contributed by atoms with van der Waals surface area (Å²) >= 11 is 10.2. The molecule has 3 aliphatic rings. The number of nitrogens with one attached hydrogen (secondary N) is 2. The van der Waals surface area contributed by atoms with Gasteiger partial charge in [0.1, 0.15) is 11.6 Å². The number of nitrogens with zero attached hydrogens (tertiary/aromatic N) is 1. The first kappa shape index (κ1) is 29.8. The van der Waals surface area contributed by atoms with Crippen LogP contribution < -0.4 is 10.6 Å². The lowest BCUT2D eigenvalue weighted by molar-refractivity contribution is -0.144. The van der Waals surface area contributed by atoms with Crippen LogP contribution in [0.4, 0.5) is 5.69 Å². The smallest absolute Gasteiger partial charge is 0.250 e. The number of likely N-dealkylation sites (tertiary alicyclic amines) is 1. The van der Waals surface area contributed by atoms with E-state index in [9.17, 15) is 19.5 Å². The van der Waals surface area contributed by atoms with Crippen molar-refractivity contribution in [3.8, 4) is 0 Å². The van der Waals surface area contributed by atoms with Crippen molar-refractivity contribution in [2.45, 2.75) is 54.9 Å². The van der Waals surface area contributed by atoms with Gasteiger partial charge in [-0.3, -0.25) is 14.4 Å². The van der Waals surface area contributed by atoms with Crippen LogP contribution in [0, 0.1) is 18.8 Å². The number of para-hydroxylation sites is 1. The standard InChI is InChI=1S/C33H33BrClN3O5/c1-19-9-8-14-24(35)27(19)37-31(41)29-33-16-23(34)28(43-33)25(30(40)36-17-21-12-6-3-7-13-21)26(33)32(42)38(29)22(18-39)15-20-10-4-2-5-11-20/h2-14,22-23,25-26,28-29,39H,15-18H2,1H3,(H,36,40)(H,37,41)/t22-,23?,25+,26+,28+,29?,33?/m1/s1. The molecule has 3 saturated heterocycles. The van der Waals surface area contributed by atoms with Gasteiger partial charge in [-0.2, -0.15) is 0 Å². The minimum Gasteiger partial charge on any atom is -0.394 e. The van der Waals surface area contributed by atoms with Crippen LogP contribution in [-0.2, 0) is 32.1 Å². The number of alkyl halides is 1. The van der Waals surface area contributed by atoms with Crippen LogP contribution in [0.3, 0.4) is 0 Å². The fourth-order valence-corrected chi connectivity index (χ4v) is 8.29. The molecule has 7 atom stereocenters. The number of hydrogen-bond acceptors (Lipinski definition) is 5. The van der Waals surface area contributed by atoms with Crippen LogP contribution in [0.15, 0.2) is 78.9 Å². The number of carbonyl (C=O) groups excluding carboxylic acids is 3. The van der Waals surface area contributed by atoms with E-state index in [-0.39, 0.29) is 23.2 Å². The van der Waals surface area contributed by atoms with Crippen LogP contribution in [0.1, 0.15) is 23.1 Å². The van der Waals surface area contributed by atoms with Crippen LogP contribution >= 0.6 is 27.5 Å². The minimum atomic E-state index is -1.27. The lowest BCUT2D eigenvalue weighted by Crippen LogP contribution is -2.57. The number of amides is 3. The molecule has 3 aromatic rings. The van der Waals surface area contributed by atoms with Gasteiger partial charge in [0.15, 0.2) is 0 Å². The normalized spacial score (nSPS) is 28.0. The summed E-state index contributed by atoms with van der Waals surface area (Å²) in [6.45, 7) is 1.77. The molecule has 3 aliphatic heterocycles. The van der Waals surface area contributed by atoms with Crippen molar-refractivity contribution in [2.24, 2.45) is 11.8 Å². The largest absolute Gasteiger partial charge is 0.394 e. The zero-order valence-electron chi connectivity index (χ0n) is 23.6. The third kappa shape index (κ3) is 5.26. The summed E-state index contributed by atoms with van der Waals surface area (Å²) in [4.78, 5) is 43.8. The van der Waals surface area contributed by atoms with Crippen LogP contribution in [0.25, 0.3) is 0 Å². The zero-order chi connectivity index (χ0) is 30.3. The highest BCUT2D eigenvalue weighted by Gasteiger charge is 2.77. The van der Waals surface area contributed by atoms with Crippen molar-refractivity contribution in [1.29, 1.82) is 0 Å². The Labute approximate surface area is 263 Å². The van der Waals surface area contributed by atoms with E-state index >= 15 is 0 Å². The fourth-order valence-electron chi connectivity index (χ4n) is 7.08. The van der Waals surface area contributed by atoms with E-state index in [2.05, 4.69) is 26.6 Å². The summed E-state index contributed by atoms with van der Waals surface area (Å²) in [6.07, 6.45) is 0.0917. The molecule has 3 unspecified atom stereocenters. The number of fused-ring (bicyclic) bond motifs is 1. The quantitative estimate of drug-likeness (QED) is 0.296. The monoisotopic (exact) mass is 665 g/mol. The van der Waals surface area contributed by atoms with Crippen LogP contribution in [0.2, 0.25) is 5.02 Å². The first-order chi connectivity index (χ1) is 20.7. The van der Waals surface area contributed by atoms with Crippen molar-refractivity contribution < 1.29 is 24.2 Å². The number of aliphatic hydroxyl groups excluding tert-OH is 1. The SMILES string of the molecule is Cc1cccc(Cl)c1NC(=O)C1N([C@@H](CO)Cc2ccccc2)C(=O)[C@@H]2[C@H](C(=O)NCc3ccccc3)[C@H]3OC12CC3Br. The van der Waals surface area contributed by atoms with Crippen molar-refractivity contribution in [1.82, 2.24) is 10.2 Å². The molecule has 3 N–H and O–H groups in total. The molecule has 3 aromatic carbocycles. The molecule has 43 heavy (non-hydrogen) atoms. The molecule has 3 amide bonds. The Morgan fingerprint density at radius 2 is 1.72 bits per heavy atom. The first-order valence-electron chi connectivity index (χ1n) is 14.4. The van der Waals surface area contributed by atoms with Crippen molar-refractivity contribution in [2.75, 3.05) is 11.9 Å². The maximum Gasteiger partial charge on any atom is 0.250 e. The molecule has 6 rings (SSSR count). The molecule has 0 radical (unpaired) electrons. The van der Waals surface area contributed by atoms with E-state index in [1.54, 1.807) is 12.1 Å². The van der Waals surface area contributed by atoms with Crippen LogP contribution in [0.5, 0.6) is 0 Å². The number of aryl methyl sites for hydroxylation is 1. The fraction of sp³-hybridized carbons (Fsp3) is 0.364. The number of rotatable bonds is 9. The summed E-state index contributed by atoms with van der Waals surface area (Å²) in [6, 6.07) is 22.6. The van der Waals surface area contributed by atoms with Gasteiger partial charge >= 0.3 is 0 Å². The first-order valence-corrected chi connectivity index (χ1v) is 15.7. The van der Waals surface area contributed by atoms with Gasteiger partial charge in [0.05, 0.1) is 41.3 Å². The molecule has 224 valence electrons. The second kappa shape index (κ2) is 12.0. The zero-order valence-corrected chi connectivity index (χ0v) is 25.9. The highest BCUT2D eigenvalue weighted by atomic mass is 79.9. The van der Waals surface area contributed by atoms with E-state index in [0.717, 1.165) is 16.7 Å². The third-order valence-electron chi connectivity index (χ3n) is 8.98. The number of halogens is 2. The van der Waals surface area contributed by atoms with Gasteiger partial charge in [-0.05, 0) is 42.5 Å². The Hall–Kier alpha value is -3.24. The van der Waals surface area contributed by atoms with Crippen LogP contribution in [-0.4, -0.2) is 63.0 Å². The number of aliphatic hydroxyl groups is 1. The molecular formula is C33H33BrClN3O5. The van der Waals surface area contributed by atoms with Gasteiger partial charge in [-0.25, -0.2) is 0 Å². The highest BCUT2D eigenvalue weighted by Crippen LogP contribution is 2.60. The molecule has 1 spiro atoms. The lowest BCUT2D eigenvalue weighted by atomic mass is 9.70. The second-order valence-corrected chi connectivity index (χ2v) is 13.1. The Bertz CT molecular complexity index is 1510. The third-order valence-corrected chi connectivity index (χ3v) is 10.1. The van der Waals surface area contributed by atoms with Gasteiger partial charge in [-0.1, -0.05) is 100 Å². The molecule has 0 saturated carbocycles. The average Bonchev–Trinajstić information content (AvgIpc) is 3.61. The van der Waals surface area contributed by atoms with E-state index in [0.29, 0.717) is 30.1 Å². The summed E-state index contributed by atoms with van der Waals surface area (Å²) in [5.41, 5.74) is 1.78. The molecule has 3 fully saturated rings. The van der Waals surface area contributed by atoms with Gasteiger partial charge < -0.3 is 25.4 Å². The minimum absolute atomic E-state index is 0.247. The number of hydrogen-bond donors (Lipinski definition) is 3. The molecule has 0 aromatic heterocycles. The number of carbonyl (C=O) groups is 3. The van der Waals surface area contributed by atoms with E-state index in [1.165, 1.54) is 4.90 Å². The Morgan fingerprint density at radius 3 is 2.37 bits per heavy atom. The number of benzene rings is 3. The highest BCUT2D eigenvalue weighted by molar-refractivity contribution is 9.09. The van der Waals surface area contributed by atoms with E-state index in [1.807, 2.05) is 73.7 Å². The van der Waals surface area contributed by atoms with Gasteiger partial charge in [0.25, 0.3) is 0 Å². The maximum absolute atomic E-state index is 14.5. The van der Waals surface area contributed by atoms with Crippen molar-refractivity contribution >= 4 is 50.9 Å². The number of anilines is 1. The van der Waals surface area contributed by atoms with E-state index in [4.69, 9.17) is 16.3 Å². The Balaban J connectivity index is 1.38. The van der Waals surface area contributed by atoms with Gasteiger partial charge in [-0.15, -0.1) is 0 Å². The van der Waals surface area contributed by atoms with E-state index < -0.39 is 41.5 Å². The topological polar surface area (TPSA) is 108 Å². The molecule has 10 heteroatoms. The second-order valence-electron chi connectivity index (χ2n) is 11.6. The van der Waals surface area contributed by atoms with Gasteiger partial charge in [0.2, 0.25) is 17.7 Å². The molecule has 8 nitrogen and oxygen atoms in total. The number of ether oxygens (including phenoxy) is 1. The van der Waals surface area contributed by atoms with Crippen molar-refractivity contribution in [3.63, 3.8) is 0 Å². The lowest BCUT2D eigenvalue weighted by Gasteiger charge is -2.37. The Morgan fingerprint density at radius 1 is 1.05 bits per heavy atom. The van der Waals surface area contributed by atoms with Gasteiger partial charge in [0, 0.05) is 11.4 Å². The summed E-state index contributed by atoms with van der Waals surface area (Å²) < 4.78 is 6.61. The predicted molar refractivity (Wildman–Crippen MR) is 167 cm³/mol. The van der Waals surface area contributed by atoms with Crippen molar-refractivity contribution in [3.05, 3.63) is 101 Å². The predicted octanol–water partition coefficient (Wildman–Crippen LogP) is 4.25. The summed E-state index contributed by atoms with van der Waals surface area (Å²) in [7, 11) is 0. The molecule has 3 heterocycles. The maximum atomic E-state index is 14.5. The molecule has 2 bridgehead atoms. The summed E-state index contributed by atoms with van der Waals surface area (Å²) in [5, 5.41) is 17.0. The Kier molecular flexibility index (Phi) is 8.35. The summed E-state index contributed by atoms with van der Waals surface area (Å²) in [5.74, 6) is -2.84. The molecule has 0 aliphatic carbocycles. The average molecular weight is 667 g/mol. The molecular weight excluding hydrogens is 634 g/mol.